The van der Waals surface area contributed by atoms with Crippen molar-refractivity contribution in [3.8, 4) is 5.75 Å². The highest BCUT2D eigenvalue weighted by atomic mass is 16.6. The van der Waals surface area contributed by atoms with Gasteiger partial charge in [-0.1, -0.05) is 42.5 Å². The van der Waals surface area contributed by atoms with Crippen LogP contribution < -0.4 is 15.5 Å². The largest absolute Gasteiger partial charge is 0.491 e. The number of allylic oxidation sites excluding steroid dienone is 1. The Labute approximate surface area is 203 Å². The molecule has 2 rings (SSSR count). The van der Waals surface area contributed by atoms with Crippen LogP contribution in [0.15, 0.2) is 66.7 Å². The van der Waals surface area contributed by atoms with Crippen LogP contribution >= 0.6 is 0 Å². The number of amides is 3. The number of hydroxylamine groups is 1. The second-order valence-corrected chi connectivity index (χ2v) is 7.21. The number of aliphatic hydroxyl groups is 1. The van der Waals surface area contributed by atoms with Crippen molar-refractivity contribution in [1.29, 1.82) is 0 Å². The second kappa shape index (κ2) is 15.2. The summed E-state index contributed by atoms with van der Waals surface area (Å²) >= 11 is 0. The third kappa shape index (κ3) is 9.20. The van der Waals surface area contributed by atoms with Gasteiger partial charge in [0.2, 0.25) is 0 Å². The zero-order valence-electron chi connectivity index (χ0n) is 19.4. The molecule has 0 saturated carbocycles. The van der Waals surface area contributed by atoms with E-state index in [0.29, 0.717) is 36.3 Å². The van der Waals surface area contributed by atoms with Crippen LogP contribution in [0.1, 0.15) is 41.8 Å². The molecule has 0 aromatic heterocycles. The number of hydrogen-bond donors (Lipinski definition) is 4. The molecule has 0 heterocycles. The van der Waals surface area contributed by atoms with Gasteiger partial charge in [0.25, 0.3) is 11.8 Å². The highest BCUT2D eigenvalue weighted by Crippen LogP contribution is 2.33. The number of hydrogen-bond acceptors (Lipinski definition) is 8. The van der Waals surface area contributed by atoms with E-state index < -0.39 is 30.1 Å². The Morgan fingerprint density at radius 1 is 1.06 bits per heavy atom. The quantitative estimate of drug-likeness (QED) is 0.192. The number of benzene rings is 2. The molecule has 35 heavy (non-hydrogen) atoms. The predicted molar refractivity (Wildman–Crippen MR) is 126 cm³/mol. The van der Waals surface area contributed by atoms with E-state index in [0.717, 1.165) is 0 Å². The van der Waals surface area contributed by atoms with E-state index in [1.165, 1.54) is 11.6 Å². The second-order valence-electron chi connectivity index (χ2n) is 7.21. The van der Waals surface area contributed by atoms with Crippen LogP contribution in [0.25, 0.3) is 0 Å². The number of carbonyl (C=O) groups excluding carboxylic acids is 3. The van der Waals surface area contributed by atoms with Gasteiger partial charge in [-0.15, -0.1) is 0 Å². The van der Waals surface area contributed by atoms with E-state index >= 15 is 0 Å². The third-order valence-electron chi connectivity index (χ3n) is 4.78. The molecule has 2 aromatic carbocycles. The number of para-hydroxylation sites is 1. The number of nitrogens with one attached hydrogen (secondary N) is 2. The maximum Gasteiger partial charge on any atom is 0.414 e. The predicted octanol–water partition coefficient (Wildman–Crippen LogP) is 2.91. The zero-order chi connectivity index (χ0) is 25.5. The summed E-state index contributed by atoms with van der Waals surface area (Å²) in [4.78, 5) is 36.4. The first-order chi connectivity index (χ1) is 17.0. The molecular formula is C25H30N2O8. The Morgan fingerprint density at radius 3 is 2.46 bits per heavy atom. The Kier molecular flexibility index (Phi) is 12.0. The minimum Gasteiger partial charge on any atom is -0.491 e. The van der Waals surface area contributed by atoms with Gasteiger partial charge in [0.15, 0.2) is 6.10 Å². The van der Waals surface area contributed by atoms with E-state index in [1.807, 2.05) is 0 Å². The molecule has 0 unspecified atom stereocenters. The van der Waals surface area contributed by atoms with E-state index in [1.54, 1.807) is 67.6 Å². The molecule has 0 bridgehead atoms. The van der Waals surface area contributed by atoms with Crippen molar-refractivity contribution in [3.63, 3.8) is 0 Å². The molecule has 2 atom stereocenters. The molecule has 188 valence electrons. The molecular weight excluding hydrogens is 456 g/mol. The Balaban J connectivity index is 2.28. The van der Waals surface area contributed by atoms with Crippen LogP contribution in [0.3, 0.4) is 0 Å². The molecule has 2 aromatic rings. The third-order valence-corrected chi connectivity index (χ3v) is 4.78. The van der Waals surface area contributed by atoms with Crippen molar-refractivity contribution in [3.05, 3.63) is 77.9 Å². The summed E-state index contributed by atoms with van der Waals surface area (Å²) in [6.07, 6.45) is 0.793. The fourth-order valence-electron chi connectivity index (χ4n) is 3.27. The van der Waals surface area contributed by atoms with E-state index in [-0.39, 0.29) is 13.2 Å². The summed E-state index contributed by atoms with van der Waals surface area (Å²) in [6, 6.07) is 15.1. The molecule has 0 radical (unpaired) electrons. The molecule has 10 heteroatoms. The first-order valence-electron chi connectivity index (χ1n) is 11.1. The highest BCUT2D eigenvalue weighted by molar-refractivity contribution is 6.02. The van der Waals surface area contributed by atoms with Gasteiger partial charge >= 0.3 is 6.09 Å². The van der Waals surface area contributed by atoms with E-state index in [4.69, 9.17) is 19.4 Å². The standard InChI is InChI=1S/C25H30N2O8/c1-2-33-21(14-8-9-15-22(29)27-32)23(19-12-6-7-13-20(19)34-17-16-28)35-25(31)26-24(30)18-10-4-3-5-11-18/h3-7,9-13,15,21,23,28,32H,2,8,14,16-17H2,1H3,(H,27,29)(H,26,30,31)/b15-9+/t21-,23-/m0/s1. The molecule has 0 aliphatic rings. The normalized spacial score (nSPS) is 12.5. The van der Waals surface area contributed by atoms with E-state index in [2.05, 4.69) is 5.32 Å². The lowest BCUT2D eigenvalue weighted by atomic mass is 9.99. The van der Waals surface area contributed by atoms with Crippen molar-refractivity contribution in [2.24, 2.45) is 0 Å². The Bertz CT molecular complexity index is 980. The summed E-state index contributed by atoms with van der Waals surface area (Å²) in [5.41, 5.74) is 2.29. The first-order valence-corrected chi connectivity index (χ1v) is 11.1. The average Bonchev–Trinajstić information content (AvgIpc) is 2.88. The van der Waals surface area contributed by atoms with Crippen LogP contribution in [-0.2, 0) is 14.3 Å². The van der Waals surface area contributed by atoms with Crippen LogP contribution in [0.5, 0.6) is 5.75 Å². The van der Waals surface area contributed by atoms with Crippen LogP contribution in [0, 0.1) is 0 Å². The number of ether oxygens (including phenoxy) is 3. The molecule has 10 nitrogen and oxygen atoms in total. The number of alkyl carbamates (subject to hydrolysis) is 1. The van der Waals surface area contributed by atoms with Crippen molar-refractivity contribution in [2.45, 2.75) is 32.0 Å². The summed E-state index contributed by atoms with van der Waals surface area (Å²) in [7, 11) is 0. The maximum absolute atomic E-state index is 12.7. The van der Waals surface area contributed by atoms with Crippen LogP contribution in [0.4, 0.5) is 4.79 Å². The number of rotatable bonds is 13. The molecule has 0 fully saturated rings. The fraction of sp³-hybridized carbons (Fsp3) is 0.320. The van der Waals surface area contributed by atoms with Gasteiger partial charge in [-0.3, -0.25) is 20.1 Å². The van der Waals surface area contributed by atoms with Crippen molar-refractivity contribution < 1.29 is 38.9 Å². The summed E-state index contributed by atoms with van der Waals surface area (Å²) < 4.78 is 17.2. The average molecular weight is 487 g/mol. The van der Waals surface area contributed by atoms with Gasteiger partial charge in [-0.2, -0.15) is 0 Å². The number of aliphatic hydroxyl groups excluding tert-OH is 1. The SMILES string of the molecule is CCO[C@@H](CC/C=C/C(=O)NO)[C@@H](OC(=O)NC(=O)c1ccccc1)c1ccccc1OCCO. The highest BCUT2D eigenvalue weighted by Gasteiger charge is 2.30. The van der Waals surface area contributed by atoms with Crippen molar-refractivity contribution >= 4 is 17.9 Å². The minimum atomic E-state index is -0.978. The van der Waals surface area contributed by atoms with Gasteiger partial charge in [-0.05, 0) is 38.0 Å². The van der Waals surface area contributed by atoms with Gasteiger partial charge in [-0.25, -0.2) is 10.3 Å². The molecule has 4 N–H and O–H groups in total. The molecule has 0 aliphatic heterocycles. The smallest absolute Gasteiger partial charge is 0.414 e. The van der Waals surface area contributed by atoms with Crippen molar-refractivity contribution in [2.75, 3.05) is 19.8 Å². The zero-order valence-corrected chi connectivity index (χ0v) is 19.4. The lowest BCUT2D eigenvalue weighted by Crippen LogP contribution is -2.35. The number of carbonyl (C=O) groups is 3. The lowest BCUT2D eigenvalue weighted by Gasteiger charge is -2.28. The molecule has 3 amide bonds. The minimum absolute atomic E-state index is 0.0285. The van der Waals surface area contributed by atoms with E-state index in [9.17, 15) is 19.5 Å². The van der Waals surface area contributed by atoms with Crippen LogP contribution in [-0.4, -0.2) is 54.1 Å². The first kappa shape index (κ1) is 27.5. The fourth-order valence-corrected chi connectivity index (χ4v) is 3.27. The van der Waals surface area contributed by atoms with Gasteiger partial charge < -0.3 is 19.3 Å². The monoisotopic (exact) mass is 486 g/mol. The Morgan fingerprint density at radius 2 is 1.77 bits per heavy atom. The summed E-state index contributed by atoms with van der Waals surface area (Å²) in [6.45, 7) is 1.90. The summed E-state index contributed by atoms with van der Waals surface area (Å²) in [5, 5.41) is 20.0. The van der Waals surface area contributed by atoms with Crippen molar-refractivity contribution in [1.82, 2.24) is 10.8 Å². The Hall–Kier alpha value is -3.73. The van der Waals surface area contributed by atoms with Crippen LogP contribution in [0.2, 0.25) is 0 Å². The topological polar surface area (TPSA) is 143 Å². The van der Waals surface area contributed by atoms with Gasteiger partial charge in [0, 0.05) is 23.8 Å². The van der Waals surface area contributed by atoms with Gasteiger partial charge in [0.05, 0.1) is 12.7 Å². The maximum atomic E-state index is 12.7. The molecule has 0 aliphatic carbocycles. The van der Waals surface area contributed by atoms with Gasteiger partial charge in [0.1, 0.15) is 12.4 Å². The summed E-state index contributed by atoms with van der Waals surface area (Å²) in [5.74, 6) is -0.911. The molecule has 0 spiro atoms. The lowest BCUT2D eigenvalue weighted by molar-refractivity contribution is -0.124. The number of imide groups is 1. The molecule has 0 saturated heterocycles.